The molecule has 0 aliphatic heterocycles. The molecule has 2 aromatic carbocycles. The van der Waals surface area contributed by atoms with E-state index in [1.165, 1.54) is 0 Å². The highest BCUT2D eigenvalue weighted by molar-refractivity contribution is 7.89. The topological polar surface area (TPSA) is 84.5 Å². The van der Waals surface area contributed by atoms with E-state index in [0.717, 1.165) is 29.8 Å². The van der Waals surface area contributed by atoms with Crippen molar-refractivity contribution in [3.8, 4) is 5.75 Å². The molecular formula is C17H17F3N2O4S. The lowest BCUT2D eigenvalue weighted by atomic mass is 10.1. The Morgan fingerprint density at radius 3 is 2.19 bits per heavy atom. The van der Waals surface area contributed by atoms with E-state index in [4.69, 9.17) is 0 Å². The average molecular weight is 402 g/mol. The normalized spacial score (nSPS) is 11.8. The van der Waals surface area contributed by atoms with E-state index in [1.54, 1.807) is 12.1 Å². The summed E-state index contributed by atoms with van der Waals surface area (Å²) in [6.07, 6.45) is -4.68. The largest absolute Gasteiger partial charge is 0.573 e. The maximum absolute atomic E-state index is 12.1. The highest BCUT2D eigenvalue weighted by Gasteiger charge is 2.31. The number of amides is 1. The zero-order valence-corrected chi connectivity index (χ0v) is 14.8. The van der Waals surface area contributed by atoms with Gasteiger partial charge in [-0.3, -0.25) is 4.79 Å². The summed E-state index contributed by atoms with van der Waals surface area (Å²) in [5.41, 5.74) is 0.830. The van der Waals surface area contributed by atoms with Crippen LogP contribution < -0.4 is 14.8 Å². The van der Waals surface area contributed by atoms with Crippen molar-refractivity contribution in [2.24, 2.45) is 0 Å². The lowest BCUT2D eigenvalue weighted by molar-refractivity contribution is -0.274. The van der Waals surface area contributed by atoms with Gasteiger partial charge in [-0.1, -0.05) is 30.3 Å². The average Bonchev–Trinajstić information content (AvgIpc) is 2.59. The molecule has 0 saturated carbocycles. The number of ether oxygens (including phenoxy) is 1. The van der Waals surface area contributed by atoms with Crippen molar-refractivity contribution in [2.45, 2.75) is 17.7 Å². The fourth-order valence-corrected chi connectivity index (χ4v) is 3.17. The maximum atomic E-state index is 12.1. The third-order valence-corrected chi connectivity index (χ3v) is 4.79. The summed E-state index contributed by atoms with van der Waals surface area (Å²) >= 11 is 0. The quantitative estimate of drug-likeness (QED) is 0.664. The molecule has 0 atom stereocenters. The Hall–Kier alpha value is -2.59. The first-order valence-corrected chi connectivity index (χ1v) is 9.30. The van der Waals surface area contributed by atoms with E-state index in [1.807, 2.05) is 18.2 Å². The molecule has 146 valence electrons. The molecule has 27 heavy (non-hydrogen) atoms. The van der Waals surface area contributed by atoms with E-state index in [0.29, 0.717) is 0 Å². The molecule has 2 aromatic rings. The number of nitrogens with one attached hydrogen (secondary N) is 2. The number of carbonyl (C=O) groups excluding carboxylic acids is 1. The summed E-state index contributed by atoms with van der Waals surface area (Å²) < 4.78 is 66.4. The number of alkyl halides is 3. The minimum atomic E-state index is -4.85. The predicted molar refractivity (Wildman–Crippen MR) is 91.5 cm³/mol. The van der Waals surface area contributed by atoms with Gasteiger partial charge in [0, 0.05) is 13.1 Å². The SMILES string of the molecule is O=C(Cc1ccccc1)NCCNS(=O)(=O)c1ccc(OC(F)(F)F)cc1. The number of halogens is 3. The molecule has 0 fully saturated rings. The molecule has 2 rings (SSSR count). The van der Waals surface area contributed by atoms with Gasteiger partial charge >= 0.3 is 6.36 Å². The van der Waals surface area contributed by atoms with Crippen LogP contribution in [0.5, 0.6) is 5.75 Å². The highest BCUT2D eigenvalue weighted by atomic mass is 32.2. The van der Waals surface area contributed by atoms with Crippen molar-refractivity contribution >= 4 is 15.9 Å². The second kappa shape index (κ2) is 8.87. The lowest BCUT2D eigenvalue weighted by Gasteiger charge is -2.10. The van der Waals surface area contributed by atoms with Crippen LogP contribution in [-0.4, -0.2) is 33.8 Å². The van der Waals surface area contributed by atoms with Crippen LogP contribution in [-0.2, 0) is 21.2 Å². The van der Waals surface area contributed by atoms with Crippen LogP contribution in [0.3, 0.4) is 0 Å². The fraction of sp³-hybridized carbons (Fsp3) is 0.235. The van der Waals surface area contributed by atoms with Gasteiger partial charge in [0.2, 0.25) is 15.9 Å². The molecule has 2 N–H and O–H groups in total. The van der Waals surface area contributed by atoms with Crippen molar-refractivity contribution in [2.75, 3.05) is 13.1 Å². The van der Waals surface area contributed by atoms with Crippen molar-refractivity contribution < 1.29 is 31.1 Å². The van der Waals surface area contributed by atoms with E-state index >= 15 is 0 Å². The number of hydrogen-bond acceptors (Lipinski definition) is 4. The van der Waals surface area contributed by atoms with Gasteiger partial charge in [-0.25, -0.2) is 13.1 Å². The molecule has 0 heterocycles. The second-order valence-electron chi connectivity index (χ2n) is 5.43. The molecule has 0 aliphatic carbocycles. The number of rotatable bonds is 8. The van der Waals surface area contributed by atoms with Gasteiger partial charge in [0.15, 0.2) is 0 Å². The van der Waals surface area contributed by atoms with Gasteiger partial charge in [-0.2, -0.15) is 0 Å². The van der Waals surface area contributed by atoms with Crippen LogP contribution in [0.1, 0.15) is 5.56 Å². The van der Waals surface area contributed by atoms with Gasteiger partial charge in [-0.15, -0.1) is 13.2 Å². The first kappa shape index (κ1) is 20.7. The third-order valence-electron chi connectivity index (χ3n) is 3.31. The molecule has 1 amide bonds. The van der Waals surface area contributed by atoms with E-state index in [9.17, 15) is 26.4 Å². The predicted octanol–water partition coefficient (Wildman–Crippen LogP) is 2.22. The van der Waals surface area contributed by atoms with Crippen molar-refractivity contribution in [3.05, 3.63) is 60.2 Å². The van der Waals surface area contributed by atoms with E-state index < -0.39 is 22.1 Å². The second-order valence-corrected chi connectivity index (χ2v) is 7.20. The molecule has 0 aliphatic rings. The van der Waals surface area contributed by atoms with E-state index in [2.05, 4.69) is 14.8 Å². The standard InChI is InChI=1S/C17H17F3N2O4S/c18-17(19,20)26-14-6-8-15(9-7-14)27(24,25)22-11-10-21-16(23)12-13-4-2-1-3-5-13/h1-9,22H,10-12H2,(H,21,23). The number of sulfonamides is 1. The summed E-state index contributed by atoms with van der Waals surface area (Å²) in [7, 11) is -3.92. The van der Waals surface area contributed by atoms with Gasteiger partial charge in [0.1, 0.15) is 5.75 Å². The van der Waals surface area contributed by atoms with Crippen molar-refractivity contribution in [1.82, 2.24) is 10.0 Å². The highest BCUT2D eigenvalue weighted by Crippen LogP contribution is 2.23. The van der Waals surface area contributed by atoms with Crippen LogP contribution in [0.25, 0.3) is 0 Å². The van der Waals surface area contributed by atoms with E-state index in [-0.39, 0.29) is 30.3 Å². The minimum absolute atomic E-state index is 0.0658. The van der Waals surface area contributed by atoms with Crippen molar-refractivity contribution in [3.63, 3.8) is 0 Å². The zero-order chi connectivity index (χ0) is 19.9. The van der Waals surface area contributed by atoms with Crippen molar-refractivity contribution in [1.29, 1.82) is 0 Å². The van der Waals surface area contributed by atoms with Crippen LogP contribution >= 0.6 is 0 Å². The summed E-state index contributed by atoms with van der Waals surface area (Å²) in [5.74, 6) is -0.774. The summed E-state index contributed by atoms with van der Waals surface area (Å²) in [6, 6.07) is 12.9. The third kappa shape index (κ3) is 7.27. The molecule has 0 aromatic heterocycles. The minimum Gasteiger partial charge on any atom is -0.406 e. The monoisotopic (exact) mass is 402 g/mol. The smallest absolute Gasteiger partial charge is 0.406 e. The fourth-order valence-electron chi connectivity index (χ4n) is 2.13. The Bertz CT molecular complexity index is 854. The van der Waals surface area contributed by atoms with Gasteiger partial charge in [-0.05, 0) is 29.8 Å². The van der Waals surface area contributed by atoms with Gasteiger partial charge < -0.3 is 10.1 Å². The molecule has 0 radical (unpaired) electrons. The molecule has 0 unspecified atom stereocenters. The van der Waals surface area contributed by atoms with Crippen LogP contribution in [0.2, 0.25) is 0 Å². The van der Waals surface area contributed by atoms with Crippen LogP contribution in [0.15, 0.2) is 59.5 Å². The number of benzene rings is 2. The maximum Gasteiger partial charge on any atom is 0.573 e. The first-order chi connectivity index (χ1) is 12.7. The van der Waals surface area contributed by atoms with Crippen LogP contribution in [0, 0.1) is 0 Å². The van der Waals surface area contributed by atoms with Gasteiger partial charge in [0.25, 0.3) is 0 Å². The molecule has 0 saturated heterocycles. The Morgan fingerprint density at radius 2 is 1.59 bits per heavy atom. The lowest BCUT2D eigenvalue weighted by Crippen LogP contribution is -2.35. The molecule has 10 heteroatoms. The molecular weight excluding hydrogens is 385 g/mol. The first-order valence-electron chi connectivity index (χ1n) is 7.82. The van der Waals surface area contributed by atoms with Crippen LogP contribution in [0.4, 0.5) is 13.2 Å². The van der Waals surface area contributed by atoms with Gasteiger partial charge in [0.05, 0.1) is 11.3 Å². The molecule has 0 spiro atoms. The summed E-state index contributed by atoms with van der Waals surface area (Å²) in [4.78, 5) is 11.5. The number of carbonyl (C=O) groups is 1. The molecule has 6 nitrogen and oxygen atoms in total. The Kier molecular flexibility index (Phi) is 6.81. The Labute approximate surface area is 154 Å². The summed E-state index contributed by atoms with van der Waals surface area (Å²) in [5, 5.41) is 2.58. The zero-order valence-electron chi connectivity index (χ0n) is 14.0. The molecule has 0 bridgehead atoms. The summed E-state index contributed by atoms with van der Waals surface area (Å²) in [6.45, 7) is 0.00380. The Morgan fingerprint density at radius 1 is 0.963 bits per heavy atom. The number of hydrogen-bond donors (Lipinski definition) is 2. The Balaban J connectivity index is 1.80.